The number of halogens is 1. The van der Waals surface area contributed by atoms with Crippen LogP contribution in [-0.2, 0) is 9.53 Å². The maximum Gasteiger partial charge on any atom is 0.413 e. The lowest BCUT2D eigenvalue weighted by Crippen LogP contribution is -2.13. The molecule has 1 heterocycles. The summed E-state index contributed by atoms with van der Waals surface area (Å²) in [7, 11) is 0. The van der Waals surface area contributed by atoms with Crippen LogP contribution in [0, 0.1) is 0 Å². The second-order valence-electron chi connectivity index (χ2n) is 4.07. The highest BCUT2D eigenvalue weighted by atomic mass is 35.5. The van der Waals surface area contributed by atoms with E-state index in [9.17, 15) is 9.59 Å². The van der Waals surface area contributed by atoms with Gasteiger partial charge in [-0.3, -0.25) is 10.1 Å². The highest BCUT2D eigenvalue weighted by molar-refractivity contribution is 8.01. The minimum absolute atomic E-state index is 0.167. The number of anilines is 2. The summed E-state index contributed by atoms with van der Waals surface area (Å²) in [4.78, 5) is 23.1. The van der Waals surface area contributed by atoms with Crippen LogP contribution < -0.4 is 10.6 Å². The number of nitrogens with zero attached hydrogens (tertiary/aromatic N) is 2. The van der Waals surface area contributed by atoms with Crippen LogP contribution in [0.2, 0.25) is 5.02 Å². The molecule has 0 unspecified atom stereocenters. The topological polar surface area (TPSA) is 93.2 Å². The number of carbonyl (C=O) groups excluding carboxylic acids is 2. The van der Waals surface area contributed by atoms with E-state index in [4.69, 9.17) is 16.3 Å². The van der Waals surface area contributed by atoms with Gasteiger partial charge in [0, 0.05) is 10.7 Å². The van der Waals surface area contributed by atoms with Gasteiger partial charge in [0.25, 0.3) is 0 Å². The summed E-state index contributed by atoms with van der Waals surface area (Å²) in [5, 5.41) is 13.7. The monoisotopic (exact) mass is 372 g/mol. The van der Waals surface area contributed by atoms with Crippen LogP contribution in [0.25, 0.3) is 0 Å². The highest BCUT2D eigenvalue weighted by Crippen LogP contribution is 2.25. The van der Waals surface area contributed by atoms with Crippen LogP contribution in [0.3, 0.4) is 0 Å². The molecule has 0 saturated heterocycles. The molecule has 0 saturated carbocycles. The number of hydrogen-bond donors (Lipinski definition) is 2. The smallest absolute Gasteiger partial charge is 0.413 e. The van der Waals surface area contributed by atoms with Crippen LogP contribution in [0.4, 0.5) is 15.6 Å². The molecule has 122 valence electrons. The fourth-order valence-corrected chi connectivity index (χ4v) is 3.19. The average Bonchev–Trinajstić information content (AvgIpc) is 2.93. The summed E-state index contributed by atoms with van der Waals surface area (Å²) in [6.45, 7) is 1.98. The van der Waals surface area contributed by atoms with E-state index < -0.39 is 6.09 Å². The van der Waals surface area contributed by atoms with Gasteiger partial charge in [-0.2, -0.15) is 0 Å². The van der Waals surface area contributed by atoms with Gasteiger partial charge in [0.05, 0.1) is 12.4 Å². The van der Waals surface area contributed by atoms with Crippen molar-refractivity contribution in [2.75, 3.05) is 23.0 Å². The lowest BCUT2D eigenvalue weighted by Gasteiger charge is -2.04. The van der Waals surface area contributed by atoms with Crippen LogP contribution in [-0.4, -0.2) is 34.6 Å². The zero-order valence-electron chi connectivity index (χ0n) is 12.0. The van der Waals surface area contributed by atoms with E-state index in [1.165, 1.54) is 23.1 Å². The molecule has 2 amide bonds. The van der Waals surface area contributed by atoms with E-state index in [-0.39, 0.29) is 18.3 Å². The number of aromatic nitrogens is 2. The molecule has 1 aromatic carbocycles. The molecule has 0 spiro atoms. The van der Waals surface area contributed by atoms with Gasteiger partial charge in [0.1, 0.15) is 0 Å². The van der Waals surface area contributed by atoms with Gasteiger partial charge in [0.15, 0.2) is 4.34 Å². The summed E-state index contributed by atoms with van der Waals surface area (Å²) in [5.74, 6) is -0.0204. The number of nitrogens with one attached hydrogen (secondary N) is 2. The summed E-state index contributed by atoms with van der Waals surface area (Å²) < 4.78 is 5.30. The lowest BCUT2D eigenvalue weighted by molar-refractivity contribution is -0.113. The van der Waals surface area contributed by atoms with Crippen molar-refractivity contribution in [2.24, 2.45) is 0 Å². The first-order valence-corrected chi connectivity index (χ1v) is 8.70. The number of carbonyl (C=O) groups is 2. The minimum Gasteiger partial charge on any atom is -0.450 e. The SMILES string of the molecule is CCOC(=O)Nc1nnc(SCC(=O)Nc2cccc(Cl)c2)s1. The molecular weight excluding hydrogens is 360 g/mol. The fraction of sp³-hybridized carbons (Fsp3) is 0.231. The van der Waals surface area contributed by atoms with Gasteiger partial charge in [-0.1, -0.05) is 40.8 Å². The Balaban J connectivity index is 1.80. The largest absolute Gasteiger partial charge is 0.450 e. The zero-order valence-corrected chi connectivity index (χ0v) is 14.4. The number of amides is 2. The van der Waals surface area contributed by atoms with Crippen LogP contribution in [0.1, 0.15) is 6.92 Å². The third-order valence-electron chi connectivity index (χ3n) is 2.33. The molecule has 0 aliphatic heterocycles. The molecule has 2 aromatic rings. The number of hydrogen-bond acceptors (Lipinski definition) is 7. The standard InChI is InChI=1S/C13H13ClN4O3S2/c1-2-21-12(20)16-11-17-18-13(23-11)22-7-10(19)15-9-5-3-4-8(14)6-9/h3-6H,2,7H2,1H3,(H,15,19)(H,16,17,20). The van der Waals surface area contributed by atoms with Crippen molar-refractivity contribution in [3.8, 4) is 0 Å². The fourth-order valence-electron chi connectivity index (χ4n) is 1.46. The summed E-state index contributed by atoms with van der Waals surface area (Å²) in [5.41, 5.74) is 0.630. The molecular formula is C13H13ClN4O3S2. The maximum atomic E-state index is 11.9. The van der Waals surface area contributed by atoms with Crippen LogP contribution in [0.5, 0.6) is 0 Å². The predicted molar refractivity (Wildman–Crippen MR) is 91.4 cm³/mol. The Labute approximate surface area is 145 Å². The van der Waals surface area contributed by atoms with Gasteiger partial charge >= 0.3 is 6.09 Å². The normalized spacial score (nSPS) is 10.2. The second-order valence-corrected chi connectivity index (χ2v) is 6.70. The Hall–Kier alpha value is -1.84. The van der Waals surface area contributed by atoms with Crippen LogP contribution >= 0.6 is 34.7 Å². The predicted octanol–water partition coefficient (Wildman–Crippen LogP) is 3.49. The molecule has 0 fully saturated rings. The van der Waals surface area contributed by atoms with E-state index in [2.05, 4.69) is 20.8 Å². The molecule has 10 heteroatoms. The molecule has 23 heavy (non-hydrogen) atoms. The zero-order chi connectivity index (χ0) is 16.7. The van der Waals surface area contributed by atoms with Crippen molar-refractivity contribution in [2.45, 2.75) is 11.3 Å². The van der Waals surface area contributed by atoms with Gasteiger partial charge < -0.3 is 10.1 Å². The molecule has 7 nitrogen and oxygen atoms in total. The van der Waals surface area contributed by atoms with E-state index in [1.54, 1.807) is 31.2 Å². The van der Waals surface area contributed by atoms with Crippen molar-refractivity contribution in [1.82, 2.24) is 10.2 Å². The summed E-state index contributed by atoms with van der Waals surface area (Å²) in [6, 6.07) is 6.89. The Morgan fingerprint density at radius 3 is 2.91 bits per heavy atom. The minimum atomic E-state index is -0.584. The average molecular weight is 373 g/mol. The number of benzene rings is 1. The maximum absolute atomic E-state index is 11.9. The summed E-state index contributed by atoms with van der Waals surface area (Å²) in [6.07, 6.45) is -0.584. The van der Waals surface area contributed by atoms with E-state index >= 15 is 0 Å². The molecule has 0 atom stereocenters. The second kappa shape index (κ2) is 8.70. The van der Waals surface area contributed by atoms with Crippen molar-refractivity contribution >= 4 is 57.5 Å². The first-order chi connectivity index (χ1) is 11.1. The highest BCUT2D eigenvalue weighted by Gasteiger charge is 2.11. The van der Waals surface area contributed by atoms with Gasteiger partial charge in [-0.05, 0) is 25.1 Å². The number of rotatable bonds is 6. The van der Waals surface area contributed by atoms with Crippen molar-refractivity contribution < 1.29 is 14.3 Å². The molecule has 0 radical (unpaired) electrons. The molecule has 2 N–H and O–H groups in total. The Bertz CT molecular complexity index is 695. The van der Waals surface area contributed by atoms with E-state index in [0.717, 1.165) is 0 Å². The number of thioether (sulfide) groups is 1. The first kappa shape index (κ1) is 17.5. The van der Waals surface area contributed by atoms with Crippen LogP contribution in [0.15, 0.2) is 28.6 Å². The van der Waals surface area contributed by atoms with E-state index in [0.29, 0.717) is 20.2 Å². The molecule has 0 bridgehead atoms. The Morgan fingerprint density at radius 2 is 2.17 bits per heavy atom. The molecule has 0 aliphatic rings. The lowest BCUT2D eigenvalue weighted by atomic mass is 10.3. The van der Waals surface area contributed by atoms with Gasteiger partial charge in [0.2, 0.25) is 11.0 Å². The number of ether oxygens (including phenoxy) is 1. The first-order valence-electron chi connectivity index (χ1n) is 6.52. The summed E-state index contributed by atoms with van der Waals surface area (Å²) >= 11 is 8.24. The van der Waals surface area contributed by atoms with Crippen molar-refractivity contribution in [3.63, 3.8) is 0 Å². The van der Waals surface area contributed by atoms with Crippen molar-refractivity contribution in [3.05, 3.63) is 29.3 Å². The Kier molecular flexibility index (Phi) is 6.63. The molecule has 1 aromatic heterocycles. The van der Waals surface area contributed by atoms with Gasteiger partial charge in [-0.15, -0.1) is 10.2 Å². The van der Waals surface area contributed by atoms with Crippen molar-refractivity contribution in [1.29, 1.82) is 0 Å². The molecule has 2 rings (SSSR count). The van der Waals surface area contributed by atoms with Gasteiger partial charge in [-0.25, -0.2) is 4.79 Å². The quantitative estimate of drug-likeness (QED) is 0.595. The third-order valence-corrected chi connectivity index (χ3v) is 4.53. The third kappa shape index (κ3) is 6.05. The van der Waals surface area contributed by atoms with E-state index in [1.807, 2.05) is 0 Å². The Morgan fingerprint density at radius 1 is 1.35 bits per heavy atom. The molecule has 0 aliphatic carbocycles.